The topological polar surface area (TPSA) is 79.9 Å². The van der Waals surface area contributed by atoms with E-state index >= 15 is 0 Å². The summed E-state index contributed by atoms with van der Waals surface area (Å²) in [5.41, 5.74) is 2.15. The van der Waals surface area contributed by atoms with Gasteiger partial charge in [0.2, 0.25) is 0 Å². The third-order valence-corrected chi connectivity index (χ3v) is 5.57. The first-order chi connectivity index (χ1) is 13.1. The van der Waals surface area contributed by atoms with E-state index in [1.165, 1.54) is 32.5 Å². The molecule has 1 aromatic carbocycles. The minimum atomic E-state index is -0.586. The van der Waals surface area contributed by atoms with E-state index in [1.807, 2.05) is 6.07 Å². The second-order valence-electron chi connectivity index (χ2n) is 7.22. The van der Waals surface area contributed by atoms with Crippen LogP contribution in [-0.4, -0.2) is 50.3 Å². The zero-order valence-electron chi connectivity index (χ0n) is 16.3. The molecule has 7 nitrogen and oxygen atoms in total. The van der Waals surface area contributed by atoms with E-state index in [2.05, 4.69) is 22.5 Å². The van der Waals surface area contributed by atoms with E-state index in [-0.39, 0.29) is 5.75 Å². The molecule has 27 heavy (non-hydrogen) atoms. The van der Waals surface area contributed by atoms with E-state index in [9.17, 15) is 9.59 Å². The third kappa shape index (κ3) is 4.18. The summed E-state index contributed by atoms with van der Waals surface area (Å²) < 4.78 is 10.9. The normalized spacial score (nSPS) is 21.6. The van der Waals surface area contributed by atoms with E-state index in [1.54, 1.807) is 6.07 Å². The number of benzene rings is 1. The number of hydrogen-bond donors (Lipinski definition) is 2. The van der Waals surface area contributed by atoms with Crippen LogP contribution >= 0.6 is 0 Å². The minimum absolute atomic E-state index is 0.274. The zero-order valence-corrected chi connectivity index (χ0v) is 16.3. The lowest BCUT2D eigenvalue weighted by molar-refractivity contribution is 0.0848. The molecule has 1 saturated heterocycles. The largest absolute Gasteiger partial charge is 0.412 e. The monoisotopic (exact) mass is 375 g/mol. The average molecular weight is 375 g/mol. The average Bonchev–Trinajstić information content (AvgIpc) is 2.68. The van der Waals surface area contributed by atoms with Crippen LogP contribution in [0.1, 0.15) is 37.3 Å². The summed E-state index contributed by atoms with van der Waals surface area (Å²) in [6, 6.07) is 4.25. The highest BCUT2D eigenvalue weighted by molar-refractivity contribution is 5.75. The molecule has 0 unspecified atom stereocenters. The Bertz CT molecular complexity index is 705. The van der Waals surface area contributed by atoms with Crippen molar-refractivity contribution in [3.05, 3.63) is 23.3 Å². The molecular weight excluding hydrogens is 346 g/mol. The van der Waals surface area contributed by atoms with Gasteiger partial charge >= 0.3 is 12.2 Å². The van der Waals surface area contributed by atoms with Crippen molar-refractivity contribution in [3.63, 3.8) is 0 Å². The maximum absolute atomic E-state index is 11.9. The van der Waals surface area contributed by atoms with Gasteiger partial charge in [-0.25, -0.2) is 9.59 Å². The SMILES string of the molecule is CCCN1CCC[C@@H]2Cc3c(ccc(OC(=O)NC)c3OC(=O)NC)C[C@H]21. The second kappa shape index (κ2) is 8.61. The van der Waals surface area contributed by atoms with Crippen LogP contribution in [0.2, 0.25) is 0 Å². The molecular formula is C20H29N3O4. The standard InChI is InChI=1S/C20H29N3O4/c1-4-9-23-10-5-6-14-11-15-13(12-16(14)23)7-8-17(26-19(24)21-2)18(15)27-20(25)22-3/h7-8,14,16H,4-6,9-12H2,1-3H3,(H,21,24)(H,22,25)/t14-,16-/m1/s1. The molecule has 0 radical (unpaired) electrons. The molecule has 2 amide bonds. The molecule has 1 aromatic rings. The second-order valence-corrected chi connectivity index (χ2v) is 7.22. The van der Waals surface area contributed by atoms with E-state index in [0.717, 1.165) is 37.9 Å². The first-order valence-electron chi connectivity index (χ1n) is 9.75. The fourth-order valence-electron chi connectivity index (χ4n) is 4.35. The lowest BCUT2D eigenvalue weighted by Crippen LogP contribution is -2.49. The first-order valence-corrected chi connectivity index (χ1v) is 9.75. The summed E-state index contributed by atoms with van der Waals surface area (Å²) in [5.74, 6) is 1.16. The molecule has 1 fully saturated rings. The molecule has 3 rings (SSSR count). The summed E-state index contributed by atoms with van der Waals surface area (Å²) in [6.07, 6.45) is 4.13. The number of rotatable bonds is 4. The Balaban J connectivity index is 1.95. The fourth-order valence-corrected chi connectivity index (χ4v) is 4.35. The molecule has 2 aliphatic rings. The number of amides is 2. The molecule has 0 aromatic heterocycles. The Hall–Kier alpha value is -2.28. The molecule has 2 atom stereocenters. The van der Waals surface area contributed by atoms with Gasteiger partial charge < -0.3 is 20.1 Å². The highest BCUT2D eigenvalue weighted by Crippen LogP contribution is 2.43. The van der Waals surface area contributed by atoms with Crippen molar-refractivity contribution in [2.45, 2.75) is 45.1 Å². The van der Waals surface area contributed by atoms with Gasteiger partial charge in [-0.2, -0.15) is 0 Å². The van der Waals surface area contributed by atoms with Crippen LogP contribution in [0.5, 0.6) is 11.5 Å². The number of piperidine rings is 1. The summed E-state index contributed by atoms with van der Waals surface area (Å²) in [6.45, 7) is 4.50. The third-order valence-electron chi connectivity index (χ3n) is 5.57. The summed E-state index contributed by atoms with van der Waals surface area (Å²) >= 11 is 0. The van der Waals surface area contributed by atoms with Gasteiger partial charge in [-0.3, -0.25) is 4.90 Å². The van der Waals surface area contributed by atoms with Crippen LogP contribution in [-0.2, 0) is 12.8 Å². The Morgan fingerprint density at radius 2 is 1.89 bits per heavy atom. The highest BCUT2D eigenvalue weighted by Gasteiger charge is 2.37. The van der Waals surface area contributed by atoms with Crippen molar-refractivity contribution in [2.24, 2.45) is 5.92 Å². The number of hydrogen-bond acceptors (Lipinski definition) is 5. The number of nitrogens with one attached hydrogen (secondary N) is 2. The number of fused-ring (bicyclic) bond motifs is 2. The van der Waals surface area contributed by atoms with Crippen molar-refractivity contribution >= 4 is 12.2 Å². The van der Waals surface area contributed by atoms with Crippen molar-refractivity contribution in [3.8, 4) is 11.5 Å². The quantitative estimate of drug-likeness (QED) is 0.846. The number of carbonyl (C=O) groups is 2. The minimum Gasteiger partial charge on any atom is -0.406 e. The molecule has 1 aliphatic carbocycles. The van der Waals surface area contributed by atoms with Gasteiger partial charge in [-0.1, -0.05) is 13.0 Å². The van der Waals surface area contributed by atoms with Crippen LogP contribution < -0.4 is 20.1 Å². The fraction of sp³-hybridized carbons (Fsp3) is 0.600. The maximum Gasteiger partial charge on any atom is 0.412 e. The maximum atomic E-state index is 11.9. The highest BCUT2D eigenvalue weighted by atomic mass is 16.6. The van der Waals surface area contributed by atoms with E-state index in [4.69, 9.17) is 9.47 Å². The van der Waals surface area contributed by atoms with Gasteiger partial charge in [0.15, 0.2) is 11.5 Å². The summed E-state index contributed by atoms with van der Waals surface area (Å²) in [4.78, 5) is 26.2. The first kappa shape index (κ1) is 19.5. The van der Waals surface area contributed by atoms with Gasteiger partial charge in [0.05, 0.1) is 0 Å². The van der Waals surface area contributed by atoms with Crippen LogP contribution in [0.4, 0.5) is 9.59 Å². The Morgan fingerprint density at radius 1 is 1.15 bits per heavy atom. The molecule has 2 N–H and O–H groups in total. The Labute approximate surface area is 160 Å². The summed E-state index contributed by atoms with van der Waals surface area (Å²) in [7, 11) is 3.01. The molecule has 1 heterocycles. The molecule has 148 valence electrons. The van der Waals surface area contributed by atoms with Gasteiger partial charge in [-0.15, -0.1) is 0 Å². The molecule has 0 saturated carbocycles. The van der Waals surface area contributed by atoms with Crippen molar-refractivity contribution in [2.75, 3.05) is 27.2 Å². The van der Waals surface area contributed by atoms with Crippen molar-refractivity contribution in [1.29, 1.82) is 0 Å². The molecule has 0 spiro atoms. The lowest BCUT2D eigenvalue weighted by Gasteiger charge is -2.45. The van der Waals surface area contributed by atoms with Crippen LogP contribution in [0.25, 0.3) is 0 Å². The molecule has 0 bridgehead atoms. The number of ether oxygens (including phenoxy) is 2. The van der Waals surface area contributed by atoms with Crippen molar-refractivity contribution in [1.82, 2.24) is 15.5 Å². The van der Waals surface area contributed by atoms with Gasteiger partial charge in [0.1, 0.15) is 0 Å². The Morgan fingerprint density at radius 3 is 2.59 bits per heavy atom. The van der Waals surface area contributed by atoms with E-state index in [0.29, 0.717) is 17.7 Å². The molecule has 7 heteroatoms. The van der Waals surface area contributed by atoms with Crippen LogP contribution in [0.15, 0.2) is 12.1 Å². The predicted molar refractivity (Wildman–Crippen MR) is 102 cm³/mol. The van der Waals surface area contributed by atoms with Crippen LogP contribution in [0.3, 0.4) is 0 Å². The van der Waals surface area contributed by atoms with Gasteiger partial charge in [0.25, 0.3) is 0 Å². The summed E-state index contributed by atoms with van der Waals surface area (Å²) in [5, 5.41) is 4.90. The number of likely N-dealkylation sites (tertiary alicyclic amines) is 1. The Kier molecular flexibility index (Phi) is 6.21. The smallest absolute Gasteiger partial charge is 0.406 e. The van der Waals surface area contributed by atoms with Gasteiger partial charge in [0, 0.05) is 25.7 Å². The van der Waals surface area contributed by atoms with Crippen molar-refractivity contribution < 1.29 is 19.1 Å². The lowest BCUT2D eigenvalue weighted by atomic mass is 9.75. The van der Waals surface area contributed by atoms with Gasteiger partial charge in [-0.05, 0) is 62.7 Å². The number of carbonyl (C=O) groups excluding carboxylic acids is 2. The zero-order chi connectivity index (χ0) is 19.4. The van der Waals surface area contributed by atoms with E-state index < -0.39 is 12.2 Å². The molecule has 1 aliphatic heterocycles. The number of nitrogens with zero attached hydrogens (tertiary/aromatic N) is 1. The van der Waals surface area contributed by atoms with Crippen LogP contribution in [0, 0.1) is 5.92 Å². The predicted octanol–water partition coefficient (Wildman–Crippen LogP) is 2.71.